The minimum Gasteiger partial charge on any atom is -0.481 e. The Bertz CT molecular complexity index is 832. The van der Waals surface area contributed by atoms with Crippen LogP contribution >= 0.6 is 0 Å². The predicted molar refractivity (Wildman–Crippen MR) is 135 cm³/mol. The molecule has 9 heteroatoms. The normalized spacial score (nSPS) is 43.3. The molecule has 0 aromatic heterocycles. The number of hydrogen-bond donors (Lipinski definition) is 6. The maximum absolute atomic E-state index is 11.5. The Kier molecular flexibility index (Phi) is 9.34. The van der Waals surface area contributed by atoms with Crippen LogP contribution in [0.5, 0.6) is 0 Å². The van der Waals surface area contributed by atoms with Gasteiger partial charge in [-0.2, -0.15) is 0 Å². The van der Waals surface area contributed by atoms with E-state index < -0.39 is 24.0 Å². The highest BCUT2D eigenvalue weighted by Gasteiger charge is 2.65. The van der Waals surface area contributed by atoms with Crippen LogP contribution in [0.1, 0.15) is 91.4 Å². The zero-order chi connectivity index (χ0) is 27.7. The lowest BCUT2D eigenvalue weighted by molar-refractivity contribution is -0.207. The lowest BCUT2D eigenvalue weighted by Crippen LogP contribution is -2.62. The molecular weight excluding hydrogens is 480 g/mol. The van der Waals surface area contributed by atoms with Crippen LogP contribution in [0.3, 0.4) is 0 Å². The molecule has 3 unspecified atom stereocenters. The SMILES string of the molecule is C[C@H](CCC(=O)O)[C@H]1CCC2C3C(C[C@H](O)[C@@]21C)[C@@]1(C)CC[C@@H](O)C[C@H]1C[C@H]3O.O=C(O)CCC(=O)O. The molecule has 4 aliphatic rings. The van der Waals surface area contributed by atoms with Crippen molar-refractivity contribution < 1.29 is 45.0 Å². The van der Waals surface area contributed by atoms with Crippen LogP contribution < -0.4 is 0 Å². The van der Waals surface area contributed by atoms with Gasteiger partial charge in [0.05, 0.1) is 31.2 Å². The van der Waals surface area contributed by atoms with Gasteiger partial charge in [0.25, 0.3) is 0 Å². The van der Waals surface area contributed by atoms with Crippen LogP contribution in [0, 0.1) is 46.3 Å². The highest BCUT2D eigenvalue weighted by atomic mass is 16.4. The molecule has 9 nitrogen and oxygen atoms in total. The summed E-state index contributed by atoms with van der Waals surface area (Å²) in [5.74, 6) is -1.16. The second-order valence-corrected chi connectivity index (χ2v) is 12.7. The van der Waals surface area contributed by atoms with Gasteiger partial charge in [-0.15, -0.1) is 0 Å². The first kappa shape index (κ1) is 29.8. The van der Waals surface area contributed by atoms with Crippen molar-refractivity contribution in [2.45, 2.75) is 110 Å². The van der Waals surface area contributed by atoms with Gasteiger partial charge >= 0.3 is 17.9 Å². The van der Waals surface area contributed by atoms with Crippen molar-refractivity contribution in [3.8, 4) is 0 Å². The monoisotopic (exact) mass is 526 g/mol. The average Bonchev–Trinajstić information content (AvgIpc) is 3.17. The number of fused-ring (bicyclic) bond motifs is 5. The fourth-order valence-corrected chi connectivity index (χ4v) is 8.90. The van der Waals surface area contributed by atoms with Crippen LogP contribution in [-0.4, -0.2) is 66.9 Å². The molecule has 0 radical (unpaired) electrons. The van der Waals surface area contributed by atoms with Crippen molar-refractivity contribution in [1.29, 1.82) is 0 Å². The Balaban J connectivity index is 0.000000414. The zero-order valence-corrected chi connectivity index (χ0v) is 22.4. The maximum atomic E-state index is 11.5. The molecule has 0 aromatic carbocycles. The Hall–Kier alpha value is -1.71. The van der Waals surface area contributed by atoms with Crippen molar-refractivity contribution in [1.82, 2.24) is 0 Å². The minimum atomic E-state index is -1.08. The van der Waals surface area contributed by atoms with Gasteiger partial charge in [-0.25, -0.2) is 0 Å². The van der Waals surface area contributed by atoms with E-state index in [4.69, 9.17) is 15.3 Å². The molecule has 4 aliphatic carbocycles. The minimum absolute atomic E-state index is 0.0957. The van der Waals surface area contributed by atoms with Gasteiger partial charge in [0.15, 0.2) is 0 Å². The van der Waals surface area contributed by atoms with E-state index in [1.54, 1.807) is 0 Å². The van der Waals surface area contributed by atoms with Crippen molar-refractivity contribution in [3.63, 3.8) is 0 Å². The zero-order valence-electron chi connectivity index (χ0n) is 22.4. The maximum Gasteiger partial charge on any atom is 0.303 e. The molecule has 6 N–H and O–H groups in total. The van der Waals surface area contributed by atoms with E-state index in [9.17, 15) is 29.7 Å². The molecule has 4 saturated carbocycles. The molecule has 0 spiro atoms. The summed E-state index contributed by atoms with van der Waals surface area (Å²) in [5, 5.41) is 57.8. The Morgan fingerprint density at radius 1 is 0.811 bits per heavy atom. The number of carbonyl (C=O) groups is 3. The molecular formula is C28H46O9. The molecule has 0 heterocycles. The molecule has 4 rings (SSSR count). The first-order valence-corrected chi connectivity index (χ1v) is 13.9. The van der Waals surface area contributed by atoms with Crippen LogP contribution in [0.25, 0.3) is 0 Å². The third-order valence-electron chi connectivity index (χ3n) is 10.9. The van der Waals surface area contributed by atoms with Crippen LogP contribution in [0.2, 0.25) is 0 Å². The number of aliphatic carboxylic acids is 3. The molecule has 11 atom stereocenters. The molecule has 0 bridgehead atoms. The Labute approximate surface area is 219 Å². The summed E-state index contributed by atoms with van der Waals surface area (Å²) in [7, 11) is 0. The van der Waals surface area contributed by atoms with Gasteiger partial charge in [-0.1, -0.05) is 20.8 Å². The molecule has 0 aromatic rings. The van der Waals surface area contributed by atoms with E-state index in [-0.39, 0.29) is 54.1 Å². The second-order valence-electron chi connectivity index (χ2n) is 12.7. The Morgan fingerprint density at radius 3 is 1.97 bits per heavy atom. The molecule has 0 saturated heterocycles. The van der Waals surface area contributed by atoms with Crippen molar-refractivity contribution >= 4 is 17.9 Å². The summed E-state index contributed by atoms with van der Waals surface area (Å²) in [6.45, 7) is 6.72. The summed E-state index contributed by atoms with van der Waals surface area (Å²) in [6, 6.07) is 0. The molecule has 212 valence electrons. The number of carboxylic acid groups (broad SMARTS) is 3. The third kappa shape index (κ3) is 5.98. The highest BCUT2D eigenvalue weighted by Crippen LogP contribution is 2.68. The average molecular weight is 527 g/mol. The van der Waals surface area contributed by atoms with Gasteiger partial charge in [-0.05, 0) is 97.7 Å². The van der Waals surface area contributed by atoms with Gasteiger partial charge in [0.1, 0.15) is 0 Å². The lowest BCUT2D eigenvalue weighted by atomic mass is 9.43. The van der Waals surface area contributed by atoms with Crippen LogP contribution in [-0.2, 0) is 14.4 Å². The number of aliphatic hydroxyl groups is 3. The van der Waals surface area contributed by atoms with E-state index in [1.807, 2.05) is 0 Å². The van der Waals surface area contributed by atoms with Gasteiger partial charge < -0.3 is 30.6 Å². The topological polar surface area (TPSA) is 173 Å². The summed E-state index contributed by atoms with van der Waals surface area (Å²) in [5.41, 5.74) is -0.143. The van der Waals surface area contributed by atoms with Crippen LogP contribution in [0.15, 0.2) is 0 Å². The second kappa shape index (κ2) is 11.6. The molecule has 0 amide bonds. The fraction of sp³-hybridized carbons (Fsp3) is 0.893. The number of carboxylic acids is 3. The number of hydrogen-bond acceptors (Lipinski definition) is 6. The van der Waals surface area contributed by atoms with E-state index in [2.05, 4.69) is 20.8 Å². The molecule has 0 aliphatic heterocycles. The van der Waals surface area contributed by atoms with Gasteiger partial charge in [0.2, 0.25) is 0 Å². The van der Waals surface area contributed by atoms with Gasteiger partial charge in [-0.3, -0.25) is 14.4 Å². The first-order valence-electron chi connectivity index (χ1n) is 13.9. The largest absolute Gasteiger partial charge is 0.481 e. The Morgan fingerprint density at radius 2 is 1.41 bits per heavy atom. The number of aliphatic hydroxyl groups excluding tert-OH is 3. The fourth-order valence-electron chi connectivity index (χ4n) is 8.90. The number of rotatable bonds is 7. The highest BCUT2D eigenvalue weighted by molar-refractivity contribution is 5.75. The standard InChI is InChI=1S/C24H40O5.C4H6O4/c1-13(4-7-21(28)29)16-5-6-17-22-18(12-20(27)24(16,17)3)23(2)9-8-15(25)10-14(23)11-19(22)26;5-3(6)1-2-4(7)8/h13-20,22,25-27H,4-12H2,1-3H3,(H,28,29);1-2H2,(H,5,6)(H,7,8)/t13-,14+,15-,16-,17?,18?,19-,20+,22?,23+,24-;/m1./s1. The van der Waals surface area contributed by atoms with Crippen molar-refractivity contribution in [3.05, 3.63) is 0 Å². The summed E-state index contributed by atoms with van der Waals surface area (Å²) < 4.78 is 0. The van der Waals surface area contributed by atoms with Crippen molar-refractivity contribution in [2.24, 2.45) is 46.3 Å². The third-order valence-corrected chi connectivity index (χ3v) is 10.9. The summed E-state index contributed by atoms with van der Waals surface area (Å²) >= 11 is 0. The predicted octanol–water partition coefficient (Wildman–Crippen LogP) is 3.38. The smallest absolute Gasteiger partial charge is 0.303 e. The van der Waals surface area contributed by atoms with Gasteiger partial charge in [0, 0.05) is 6.42 Å². The quantitative estimate of drug-likeness (QED) is 0.291. The molecule has 37 heavy (non-hydrogen) atoms. The van der Waals surface area contributed by atoms with E-state index >= 15 is 0 Å². The molecule has 4 fully saturated rings. The van der Waals surface area contributed by atoms with Crippen molar-refractivity contribution in [2.75, 3.05) is 0 Å². The lowest BCUT2D eigenvalue weighted by Gasteiger charge is -2.63. The first-order chi connectivity index (χ1) is 17.2. The summed E-state index contributed by atoms with van der Waals surface area (Å²) in [4.78, 5) is 30.3. The van der Waals surface area contributed by atoms with Crippen LogP contribution in [0.4, 0.5) is 0 Å². The van der Waals surface area contributed by atoms with E-state index in [0.717, 1.165) is 44.9 Å². The van der Waals surface area contributed by atoms with E-state index in [0.29, 0.717) is 30.1 Å². The van der Waals surface area contributed by atoms with E-state index in [1.165, 1.54) is 0 Å². The summed E-state index contributed by atoms with van der Waals surface area (Å²) in [6.07, 6.45) is 5.41.